The molecule has 0 aromatic carbocycles. The van der Waals surface area contributed by atoms with E-state index in [2.05, 4.69) is 5.32 Å². The van der Waals surface area contributed by atoms with E-state index in [-0.39, 0.29) is 17.9 Å². The zero-order valence-corrected chi connectivity index (χ0v) is 9.98. The molecule has 2 N–H and O–H groups in total. The summed E-state index contributed by atoms with van der Waals surface area (Å²) >= 11 is 0. The summed E-state index contributed by atoms with van der Waals surface area (Å²) in [6.45, 7) is 4.52. The van der Waals surface area contributed by atoms with Crippen molar-refractivity contribution in [1.29, 1.82) is 0 Å². The average Bonchev–Trinajstić information content (AvgIpc) is 2.78. The van der Waals surface area contributed by atoms with Gasteiger partial charge in [-0.25, -0.2) is 0 Å². The Hall–Kier alpha value is -0.610. The molecular weight excluding hydrogens is 204 g/mol. The van der Waals surface area contributed by atoms with Crippen LogP contribution in [0.1, 0.15) is 32.6 Å². The molecule has 0 aliphatic carbocycles. The molecule has 2 aliphatic rings. The lowest BCUT2D eigenvalue weighted by atomic mass is 9.96. The highest BCUT2D eigenvalue weighted by molar-refractivity contribution is 5.79. The molecule has 2 fully saturated rings. The molecular formula is C12H22N2O2. The van der Waals surface area contributed by atoms with Gasteiger partial charge in [0, 0.05) is 12.5 Å². The second-order valence-corrected chi connectivity index (χ2v) is 5.01. The first kappa shape index (κ1) is 11.9. The molecule has 2 aliphatic heterocycles. The van der Waals surface area contributed by atoms with Gasteiger partial charge in [-0.3, -0.25) is 4.79 Å². The predicted molar refractivity (Wildman–Crippen MR) is 62.0 cm³/mol. The van der Waals surface area contributed by atoms with Crippen molar-refractivity contribution >= 4 is 5.91 Å². The predicted octanol–water partition coefficient (Wildman–Crippen LogP) is 0.358. The SMILES string of the molecule is C[C@H](O)[C@@H]1CCCN1C(=O)C1CCNCC1. The molecule has 2 saturated heterocycles. The number of piperidine rings is 1. The summed E-state index contributed by atoms with van der Waals surface area (Å²) in [5, 5.41) is 12.9. The minimum atomic E-state index is -0.395. The average molecular weight is 226 g/mol. The number of nitrogens with zero attached hydrogens (tertiary/aromatic N) is 1. The first-order valence-electron chi connectivity index (χ1n) is 6.39. The normalized spacial score (nSPS) is 29.4. The number of carbonyl (C=O) groups is 1. The third-order valence-electron chi connectivity index (χ3n) is 3.83. The lowest BCUT2D eigenvalue weighted by molar-refractivity contribution is -0.139. The van der Waals surface area contributed by atoms with Crippen molar-refractivity contribution < 1.29 is 9.90 Å². The number of nitrogens with one attached hydrogen (secondary N) is 1. The Morgan fingerprint density at radius 2 is 2.06 bits per heavy atom. The smallest absolute Gasteiger partial charge is 0.226 e. The fourth-order valence-corrected chi connectivity index (χ4v) is 2.87. The van der Waals surface area contributed by atoms with Crippen molar-refractivity contribution in [3.05, 3.63) is 0 Å². The zero-order valence-electron chi connectivity index (χ0n) is 9.98. The molecule has 16 heavy (non-hydrogen) atoms. The van der Waals surface area contributed by atoms with Crippen LogP contribution in [0, 0.1) is 5.92 Å². The summed E-state index contributed by atoms with van der Waals surface area (Å²) < 4.78 is 0. The summed E-state index contributed by atoms with van der Waals surface area (Å²) in [7, 11) is 0. The van der Waals surface area contributed by atoms with Gasteiger partial charge in [0.05, 0.1) is 12.1 Å². The lowest BCUT2D eigenvalue weighted by Crippen LogP contribution is -2.46. The Kier molecular flexibility index (Phi) is 3.82. The number of likely N-dealkylation sites (tertiary alicyclic amines) is 1. The molecule has 0 spiro atoms. The molecule has 0 radical (unpaired) electrons. The van der Waals surface area contributed by atoms with Gasteiger partial charge >= 0.3 is 0 Å². The van der Waals surface area contributed by atoms with Gasteiger partial charge in [0.1, 0.15) is 0 Å². The fraction of sp³-hybridized carbons (Fsp3) is 0.917. The van der Waals surface area contributed by atoms with Crippen molar-refractivity contribution in [1.82, 2.24) is 10.2 Å². The molecule has 4 nitrogen and oxygen atoms in total. The number of aliphatic hydroxyl groups is 1. The van der Waals surface area contributed by atoms with Gasteiger partial charge in [0.2, 0.25) is 5.91 Å². The third-order valence-corrected chi connectivity index (χ3v) is 3.83. The van der Waals surface area contributed by atoms with Crippen LogP contribution in [0.4, 0.5) is 0 Å². The maximum atomic E-state index is 12.3. The number of carbonyl (C=O) groups excluding carboxylic acids is 1. The lowest BCUT2D eigenvalue weighted by Gasteiger charge is -2.32. The van der Waals surface area contributed by atoms with E-state index in [1.54, 1.807) is 6.92 Å². The van der Waals surface area contributed by atoms with Gasteiger partial charge in [-0.15, -0.1) is 0 Å². The number of rotatable bonds is 2. The molecule has 2 atom stereocenters. The fourth-order valence-electron chi connectivity index (χ4n) is 2.87. The monoisotopic (exact) mass is 226 g/mol. The van der Waals surface area contributed by atoms with Crippen LogP contribution >= 0.6 is 0 Å². The Bertz CT molecular complexity index is 249. The first-order valence-corrected chi connectivity index (χ1v) is 6.39. The van der Waals surface area contributed by atoms with Crippen LogP contribution in [0.25, 0.3) is 0 Å². The number of aliphatic hydroxyl groups excluding tert-OH is 1. The highest BCUT2D eigenvalue weighted by Crippen LogP contribution is 2.25. The van der Waals surface area contributed by atoms with E-state index in [4.69, 9.17) is 0 Å². The molecule has 2 rings (SSSR count). The van der Waals surface area contributed by atoms with E-state index in [1.165, 1.54) is 0 Å². The Morgan fingerprint density at radius 1 is 1.38 bits per heavy atom. The van der Waals surface area contributed by atoms with Crippen LogP contribution in [-0.4, -0.2) is 47.7 Å². The second kappa shape index (κ2) is 5.15. The number of amides is 1. The number of hydrogen-bond donors (Lipinski definition) is 2. The van der Waals surface area contributed by atoms with Crippen LogP contribution in [-0.2, 0) is 4.79 Å². The Morgan fingerprint density at radius 3 is 2.69 bits per heavy atom. The van der Waals surface area contributed by atoms with E-state index >= 15 is 0 Å². The van der Waals surface area contributed by atoms with E-state index in [1.807, 2.05) is 4.90 Å². The van der Waals surface area contributed by atoms with Crippen molar-refractivity contribution in [2.75, 3.05) is 19.6 Å². The Balaban J connectivity index is 1.97. The van der Waals surface area contributed by atoms with E-state index < -0.39 is 6.10 Å². The van der Waals surface area contributed by atoms with Gasteiger partial charge in [0.15, 0.2) is 0 Å². The summed E-state index contributed by atoms with van der Waals surface area (Å²) in [5.74, 6) is 0.450. The van der Waals surface area contributed by atoms with E-state index in [0.29, 0.717) is 0 Å². The van der Waals surface area contributed by atoms with Crippen LogP contribution in [0.15, 0.2) is 0 Å². The summed E-state index contributed by atoms with van der Waals surface area (Å²) in [6.07, 6.45) is 3.48. The summed E-state index contributed by atoms with van der Waals surface area (Å²) in [5.41, 5.74) is 0. The zero-order chi connectivity index (χ0) is 11.5. The molecule has 0 aromatic rings. The molecule has 1 amide bonds. The maximum Gasteiger partial charge on any atom is 0.226 e. The quantitative estimate of drug-likeness (QED) is 0.715. The van der Waals surface area contributed by atoms with Gasteiger partial charge in [-0.1, -0.05) is 0 Å². The molecule has 0 aromatic heterocycles. The highest BCUT2D eigenvalue weighted by Gasteiger charge is 2.35. The van der Waals surface area contributed by atoms with E-state index in [0.717, 1.165) is 45.3 Å². The third kappa shape index (κ3) is 2.38. The van der Waals surface area contributed by atoms with Crippen molar-refractivity contribution in [3.8, 4) is 0 Å². The standard InChI is InChI=1S/C12H22N2O2/c1-9(15)11-3-2-8-14(11)12(16)10-4-6-13-7-5-10/h9-11,13,15H,2-8H2,1H3/t9-,11-/m0/s1. The molecule has 92 valence electrons. The number of hydrogen-bond acceptors (Lipinski definition) is 3. The Labute approximate surface area is 97.0 Å². The van der Waals surface area contributed by atoms with Crippen LogP contribution in [0.2, 0.25) is 0 Å². The topological polar surface area (TPSA) is 52.6 Å². The molecule has 2 heterocycles. The van der Waals surface area contributed by atoms with E-state index in [9.17, 15) is 9.90 Å². The summed E-state index contributed by atoms with van der Waals surface area (Å²) in [4.78, 5) is 14.2. The molecule has 0 saturated carbocycles. The first-order chi connectivity index (χ1) is 7.70. The van der Waals surface area contributed by atoms with Crippen LogP contribution in [0.3, 0.4) is 0 Å². The van der Waals surface area contributed by atoms with Gasteiger partial charge in [0.25, 0.3) is 0 Å². The molecule has 0 unspecified atom stereocenters. The molecule has 4 heteroatoms. The van der Waals surface area contributed by atoms with Gasteiger partial charge in [-0.05, 0) is 45.7 Å². The second-order valence-electron chi connectivity index (χ2n) is 5.01. The highest BCUT2D eigenvalue weighted by atomic mass is 16.3. The van der Waals surface area contributed by atoms with Crippen molar-refractivity contribution in [2.24, 2.45) is 5.92 Å². The minimum absolute atomic E-state index is 0.0578. The van der Waals surface area contributed by atoms with Gasteiger partial charge < -0.3 is 15.3 Å². The van der Waals surface area contributed by atoms with Crippen LogP contribution in [0.5, 0.6) is 0 Å². The minimum Gasteiger partial charge on any atom is -0.391 e. The van der Waals surface area contributed by atoms with Crippen molar-refractivity contribution in [3.63, 3.8) is 0 Å². The molecule has 0 bridgehead atoms. The van der Waals surface area contributed by atoms with Crippen LogP contribution < -0.4 is 5.32 Å². The van der Waals surface area contributed by atoms with Crippen molar-refractivity contribution in [2.45, 2.75) is 44.8 Å². The van der Waals surface area contributed by atoms with Gasteiger partial charge in [-0.2, -0.15) is 0 Å². The maximum absolute atomic E-state index is 12.3. The summed E-state index contributed by atoms with van der Waals surface area (Å²) in [6, 6.07) is 0.0578. The largest absolute Gasteiger partial charge is 0.391 e.